The van der Waals surface area contributed by atoms with Gasteiger partial charge in [0.2, 0.25) is 0 Å². The Kier molecular flexibility index (Phi) is 2.17. The zero-order valence-corrected chi connectivity index (χ0v) is 8.43. The third-order valence-electron chi connectivity index (χ3n) is 1.84. The summed E-state index contributed by atoms with van der Waals surface area (Å²) in [5.74, 6) is -2.05. The second-order valence-corrected chi connectivity index (χ2v) is 4.29. The van der Waals surface area contributed by atoms with Crippen LogP contribution >= 0.6 is 0 Å². The summed E-state index contributed by atoms with van der Waals surface area (Å²) in [5, 5.41) is 8.61. The van der Waals surface area contributed by atoms with E-state index in [1.165, 1.54) is 12.1 Å². The molecule has 2 N–H and O–H groups in total. The Morgan fingerprint density at radius 1 is 1.38 bits per heavy atom. The molecule has 0 bridgehead atoms. The molecule has 0 atom stereocenters. The summed E-state index contributed by atoms with van der Waals surface area (Å²) in [6.45, 7) is 0. The van der Waals surface area contributed by atoms with E-state index < -0.39 is 26.9 Å². The average molecular weight is 243 g/mol. The molecule has 0 saturated heterocycles. The fourth-order valence-electron chi connectivity index (χ4n) is 1.22. The minimum absolute atomic E-state index is 0.0208. The smallest absolute Gasteiger partial charge is 0.392 e. The van der Waals surface area contributed by atoms with Crippen molar-refractivity contribution < 1.29 is 27.3 Å². The summed E-state index contributed by atoms with van der Waals surface area (Å²) in [4.78, 5) is 13.6. The Labute approximate surface area is 89.1 Å². The number of oxazole rings is 1. The summed E-state index contributed by atoms with van der Waals surface area (Å²) < 4.78 is 35.6. The van der Waals surface area contributed by atoms with Crippen molar-refractivity contribution in [1.82, 2.24) is 4.98 Å². The van der Waals surface area contributed by atoms with Crippen molar-refractivity contribution >= 4 is 27.2 Å². The Balaban J connectivity index is 2.83. The molecular weight excluding hydrogens is 238 g/mol. The highest BCUT2D eigenvalue weighted by Gasteiger charge is 2.20. The molecule has 7 nitrogen and oxygen atoms in total. The second-order valence-electron chi connectivity index (χ2n) is 2.90. The summed E-state index contributed by atoms with van der Waals surface area (Å²) >= 11 is 0. The number of carbonyl (C=O) groups is 1. The molecular formula is C8H5NO6S. The lowest BCUT2D eigenvalue weighted by Crippen LogP contribution is -1.99. The Morgan fingerprint density at radius 2 is 2.06 bits per heavy atom. The first-order valence-corrected chi connectivity index (χ1v) is 5.44. The number of fused-ring (bicyclic) bond motifs is 1. The molecule has 1 heterocycles. The standard InChI is InChI=1S/C8H5NO6S/c10-8(11)7-9-6-4(15-7)2-1-3-5(6)16(12,13)14/h1-3H,(H,10,11)(H,12,13,14). The van der Waals surface area contributed by atoms with Gasteiger partial charge < -0.3 is 9.52 Å². The lowest BCUT2D eigenvalue weighted by atomic mass is 10.3. The van der Waals surface area contributed by atoms with Crippen LogP contribution in [0.5, 0.6) is 0 Å². The molecule has 0 saturated carbocycles. The van der Waals surface area contributed by atoms with Crippen molar-refractivity contribution in [3.05, 3.63) is 24.1 Å². The average Bonchev–Trinajstić information content (AvgIpc) is 2.58. The van der Waals surface area contributed by atoms with Crippen LogP contribution in [0, 0.1) is 0 Å². The Bertz CT molecular complexity index is 671. The molecule has 0 radical (unpaired) electrons. The minimum Gasteiger partial charge on any atom is -0.474 e. The van der Waals surface area contributed by atoms with E-state index in [1.54, 1.807) is 0 Å². The summed E-state index contributed by atoms with van der Waals surface area (Å²) in [6, 6.07) is 3.76. The first-order chi connectivity index (χ1) is 7.39. The fourth-order valence-corrected chi connectivity index (χ4v) is 1.86. The molecule has 0 amide bonds. The van der Waals surface area contributed by atoms with Gasteiger partial charge in [0, 0.05) is 0 Å². The van der Waals surface area contributed by atoms with Crippen molar-refractivity contribution in [3.8, 4) is 0 Å². The van der Waals surface area contributed by atoms with Crippen LogP contribution in [0.2, 0.25) is 0 Å². The van der Waals surface area contributed by atoms with Crippen molar-refractivity contribution in [1.29, 1.82) is 0 Å². The molecule has 2 aromatic rings. The van der Waals surface area contributed by atoms with Crippen LogP contribution in [-0.2, 0) is 10.1 Å². The molecule has 8 heteroatoms. The Hall–Kier alpha value is -1.93. The highest BCUT2D eigenvalue weighted by molar-refractivity contribution is 7.86. The van der Waals surface area contributed by atoms with E-state index in [9.17, 15) is 13.2 Å². The Morgan fingerprint density at radius 3 is 2.62 bits per heavy atom. The molecule has 16 heavy (non-hydrogen) atoms. The van der Waals surface area contributed by atoms with Crippen LogP contribution in [0.3, 0.4) is 0 Å². The van der Waals surface area contributed by atoms with Gasteiger partial charge >= 0.3 is 11.9 Å². The van der Waals surface area contributed by atoms with E-state index in [2.05, 4.69) is 4.98 Å². The minimum atomic E-state index is -4.46. The van der Waals surface area contributed by atoms with Crippen LogP contribution in [-0.4, -0.2) is 29.0 Å². The summed E-state index contributed by atoms with van der Waals surface area (Å²) in [6.07, 6.45) is 0. The van der Waals surface area contributed by atoms with Crippen LogP contribution in [0.25, 0.3) is 11.1 Å². The zero-order valence-electron chi connectivity index (χ0n) is 7.61. The number of carboxylic acid groups (broad SMARTS) is 1. The van der Waals surface area contributed by atoms with E-state index >= 15 is 0 Å². The molecule has 2 rings (SSSR count). The van der Waals surface area contributed by atoms with Gasteiger partial charge in [0.05, 0.1) is 0 Å². The van der Waals surface area contributed by atoms with Crippen molar-refractivity contribution in [2.75, 3.05) is 0 Å². The lowest BCUT2D eigenvalue weighted by Gasteiger charge is -1.95. The highest BCUT2D eigenvalue weighted by atomic mass is 32.2. The van der Waals surface area contributed by atoms with Gasteiger partial charge in [-0.3, -0.25) is 4.55 Å². The zero-order chi connectivity index (χ0) is 11.9. The highest BCUT2D eigenvalue weighted by Crippen LogP contribution is 2.23. The van der Waals surface area contributed by atoms with Crippen LogP contribution in [0.4, 0.5) is 0 Å². The molecule has 1 aromatic heterocycles. The molecule has 84 valence electrons. The van der Waals surface area contributed by atoms with Gasteiger partial charge in [-0.15, -0.1) is 0 Å². The fraction of sp³-hybridized carbons (Fsp3) is 0. The predicted octanol–water partition coefficient (Wildman–Crippen LogP) is 0.773. The van der Waals surface area contributed by atoms with E-state index in [-0.39, 0.29) is 11.1 Å². The maximum Gasteiger partial charge on any atom is 0.392 e. The maximum absolute atomic E-state index is 11.0. The van der Waals surface area contributed by atoms with Crippen LogP contribution in [0.15, 0.2) is 27.5 Å². The van der Waals surface area contributed by atoms with E-state index in [1.807, 2.05) is 0 Å². The summed E-state index contributed by atoms with van der Waals surface area (Å²) in [7, 11) is -4.46. The SMILES string of the molecule is O=C(O)c1nc2c(S(=O)(=O)O)cccc2o1. The molecule has 0 aliphatic heterocycles. The number of carboxylic acids is 1. The van der Waals surface area contributed by atoms with Crippen LogP contribution < -0.4 is 0 Å². The quantitative estimate of drug-likeness (QED) is 0.748. The van der Waals surface area contributed by atoms with Gasteiger partial charge in [-0.1, -0.05) is 6.07 Å². The van der Waals surface area contributed by atoms with E-state index in [0.717, 1.165) is 6.07 Å². The molecule has 0 unspecified atom stereocenters. The van der Waals surface area contributed by atoms with E-state index in [0.29, 0.717) is 0 Å². The molecule has 0 spiro atoms. The largest absolute Gasteiger partial charge is 0.474 e. The number of hydrogen-bond donors (Lipinski definition) is 2. The topological polar surface area (TPSA) is 118 Å². The van der Waals surface area contributed by atoms with Crippen LogP contribution in [0.1, 0.15) is 10.7 Å². The van der Waals surface area contributed by atoms with Gasteiger partial charge in [0.15, 0.2) is 5.58 Å². The van der Waals surface area contributed by atoms with E-state index in [4.69, 9.17) is 14.1 Å². The number of nitrogens with zero attached hydrogens (tertiary/aromatic N) is 1. The molecule has 1 aromatic carbocycles. The van der Waals surface area contributed by atoms with Gasteiger partial charge in [-0.05, 0) is 12.1 Å². The number of para-hydroxylation sites is 1. The third kappa shape index (κ3) is 1.64. The van der Waals surface area contributed by atoms with Gasteiger partial charge in [0.1, 0.15) is 10.4 Å². The molecule has 0 aliphatic rings. The molecule has 0 aliphatic carbocycles. The summed E-state index contributed by atoms with van der Waals surface area (Å²) in [5.41, 5.74) is -0.227. The monoisotopic (exact) mass is 243 g/mol. The van der Waals surface area contributed by atoms with Crippen molar-refractivity contribution in [2.24, 2.45) is 0 Å². The number of benzene rings is 1. The third-order valence-corrected chi connectivity index (χ3v) is 2.73. The number of aromatic carboxylic acids is 1. The van der Waals surface area contributed by atoms with Gasteiger partial charge in [-0.25, -0.2) is 9.78 Å². The van der Waals surface area contributed by atoms with Crippen molar-refractivity contribution in [2.45, 2.75) is 4.90 Å². The van der Waals surface area contributed by atoms with Gasteiger partial charge in [0.25, 0.3) is 10.1 Å². The first kappa shape index (κ1) is 10.6. The van der Waals surface area contributed by atoms with Gasteiger partial charge in [-0.2, -0.15) is 8.42 Å². The van der Waals surface area contributed by atoms with Crippen molar-refractivity contribution in [3.63, 3.8) is 0 Å². The molecule has 0 fully saturated rings. The number of aromatic nitrogens is 1. The predicted molar refractivity (Wildman–Crippen MR) is 50.8 cm³/mol. The first-order valence-electron chi connectivity index (χ1n) is 4.00. The lowest BCUT2D eigenvalue weighted by molar-refractivity contribution is 0.0656. The number of rotatable bonds is 2. The maximum atomic E-state index is 11.0. The normalized spacial score (nSPS) is 11.8. The number of hydrogen-bond acceptors (Lipinski definition) is 5. The second kappa shape index (κ2) is 3.29.